The first-order valence-corrected chi connectivity index (χ1v) is 10.9. The third-order valence-corrected chi connectivity index (χ3v) is 5.46. The number of aromatic nitrogens is 1. The van der Waals surface area contributed by atoms with Crippen LogP contribution in [0.2, 0.25) is 5.02 Å². The zero-order valence-electron chi connectivity index (χ0n) is 17.4. The highest BCUT2D eigenvalue weighted by Gasteiger charge is 2.12. The molecule has 2 aromatic carbocycles. The zero-order valence-corrected chi connectivity index (χ0v) is 19.0. The standard InChI is InChI=1S/C23H24ClNO5S/c1-15-11-19(25(27)23(26)12-15)14-28-20-5-4-6-21(13-20)30-16(2)29-17(3)31-22-9-7-18(24)8-10-22/h4-13,16-17,27H,14H2,1-3H3. The lowest BCUT2D eigenvalue weighted by Gasteiger charge is -2.20. The van der Waals surface area contributed by atoms with Gasteiger partial charge in [-0.3, -0.25) is 4.79 Å². The molecule has 8 heteroatoms. The van der Waals surface area contributed by atoms with E-state index in [1.807, 2.05) is 38.1 Å². The molecule has 3 aromatic rings. The predicted molar refractivity (Wildman–Crippen MR) is 121 cm³/mol. The van der Waals surface area contributed by atoms with Crippen LogP contribution in [0.5, 0.6) is 11.5 Å². The Bertz CT molecular complexity index is 1070. The minimum atomic E-state index is -0.493. The first kappa shape index (κ1) is 23.1. The predicted octanol–water partition coefficient (Wildman–Crippen LogP) is 5.51. The van der Waals surface area contributed by atoms with E-state index in [1.54, 1.807) is 49.0 Å². The van der Waals surface area contributed by atoms with Gasteiger partial charge in [0.2, 0.25) is 0 Å². The second-order valence-electron chi connectivity index (χ2n) is 6.90. The molecule has 0 saturated carbocycles. The Morgan fingerprint density at radius 1 is 1.06 bits per heavy atom. The van der Waals surface area contributed by atoms with Crippen LogP contribution in [0.4, 0.5) is 0 Å². The normalized spacial score (nSPS) is 12.9. The van der Waals surface area contributed by atoms with Crippen molar-refractivity contribution in [1.82, 2.24) is 4.73 Å². The van der Waals surface area contributed by atoms with E-state index in [1.165, 1.54) is 6.07 Å². The summed E-state index contributed by atoms with van der Waals surface area (Å²) in [6, 6.07) is 17.7. The third-order valence-electron chi connectivity index (χ3n) is 4.22. The van der Waals surface area contributed by atoms with E-state index in [-0.39, 0.29) is 12.0 Å². The minimum Gasteiger partial charge on any atom is -0.487 e. The zero-order chi connectivity index (χ0) is 22.4. The Labute approximate surface area is 190 Å². The SMILES string of the molecule is Cc1cc(COc2cccc(OC(C)OC(C)Sc3ccc(Cl)cc3)c2)n(O)c(=O)c1. The van der Waals surface area contributed by atoms with Crippen LogP contribution in [-0.2, 0) is 11.3 Å². The van der Waals surface area contributed by atoms with Gasteiger partial charge in [-0.15, -0.1) is 4.73 Å². The Hall–Kier alpha value is -2.61. The number of pyridine rings is 1. The molecule has 2 atom stereocenters. The number of nitrogens with zero attached hydrogens (tertiary/aromatic N) is 1. The second-order valence-corrected chi connectivity index (χ2v) is 8.71. The lowest BCUT2D eigenvalue weighted by Crippen LogP contribution is -2.22. The van der Waals surface area contributed by atoms with Crippen molar-refractivity contribution >= 4 is 23.4 Å². The van der Waals surface area contributed by atoms with Gasteiger partial charge in [0.05, 0.1) is 5.69 Å². The van der Waals surface area contributed by atoms with Gasteiger partial charge in [0, 0.05) is 22.1 Å². The van der Waals surface area contributed by atoms with E-state index in [0.29, 0.717) is 26.9 Å². The fourth-order valence-electron chi connectivity index (χ4n) is 2.88. The van der Waals surface area contributed by atoms with Gasteiger partial charge in [0.1, 0.15) is 23.5 Å². The maximum Gasteiger partial charge on any atom is 0.283 e. The second kappa shape index (κ2) is 10.6. The first-order chi connectivity index (χ1) is 14.8. The summed E-state index contributed by atoms with van der Waals surface area (Å²) in [6.45, 7) is 5.60. The van der Waals surface area contributed by atoms with Crippen LogP contribution in [-0.4, -0.2) is 21.7 Å². The van der Waals surface area contributed by atoms with Crippen molar-refractivity contribution in [3.8, 4) is 11.5 Å². The molecule has 0 fully saturated rings. The molecule has 0 spiro atoms. The van der Waals surface area contributed by atoms with E-state index in [4.69, 9.17) is 25.8 Å². The third kappa shape index (κ3) is 6.95. The molecule has 0 aliphatic rings. The van der Waals surface area contributed by atoms with Crippen LogP contribution in [0.15, 0.2) is 70.4 Å². The molecule has 0 radical (unpaired) electrons. The minimum absolute atomic E-state index is 0.0394. The number of halogens is 1. The highest BCUT2D eigenvalue weighted by molar-refractivity contribution is 7.99. The number of aryl methyl sites for hydroxylation is 1. The summed E-state index contributed by atoms with van der Waals surface area (Å²) < 4.78 is 18.1. The quantitative estimate of drug-likeness (QED) is 0.257. The summed E-state index contributed by atoms with van der Waals surface area (Å²) in [5.74, 6) is 1.13. The van der Waals surface area contributed by atoms with Gasteiger partial charge >= 0.3 is 0 Å². The van der Waals surface area contributed by atoms with Gasteiger partial charge in [0.25, 0.3) is 5.56 Å². The molecule has 0 aliphatic carbocycles. The summed E-state index contributed by atoms with van der Waals surface area (Å²) in [5, 5.41) is 10.5. The molecule has 0 bridgehead atoms. The molecule has 1 heterocycles. The Balaban J connectivity index is 1.54. The summed E-state index contributed by atoms with van der Waals surface area (Å²) >= 11 is 7.48. The number of benzene rings is 2. The van der Waals surface area contributed by atoms with Crippen molar-refractivity contribution in [3.05, 3.63) is 87.3 Å². The lowest BCUT2D eigenvalue weighted by atomic mass is 10.2. The molecule has 0 saturated heterocycles. The highest BCUT2D eigenvalue weighted by atomic mass is 35.5. The van der Waals surface area contributed by atoms with Crippen LogP contribution in [0, 0.1) is 6.92 Å². The van der Waals surface area contributed by atoms with E-state index in [0.717, 1.165) is 10.5 Å². The van der Waals surface area contributed by atoms with Crippen molar-refractivity contribution in [3.63, 3.8) is 0 Å². The molecular formula is C23H24ClNO5S. The van der Waals surface area contributed by atoms with Crippen molar-refractivity contribution in [2.24, 2.45) is 0 Å². The summed E-state index contributed by atoms with van der Waals surface area (Å²) in [4.78, 5) is 12.7. The fraction of sp³-hybridized carbons (Fsp3) is 0.261. The molecule has 0 aliphatic heterocycles. The molecule has 3 rings (SSSR count). The summed E-state index contributed by atoms with van der Waals surface area (Å²) in [6.07, 6.45) is -0.482. The average molecular weight is 462 g/mol. The van der Waals surface area contributed by atoms with Crippen molar-refractivity contribution in [1.29, 1.82) is 0 Å². The highest BCUT2D eigenvalue weighted by Crippen LogP contribution is 2.27. The molecule has 0 amide bonds. The van der Waals surface area contributed by atoms with Crippen LogP contribution in [0.1, 0.15) is 25.1 Å². The maximum atomic E-state index is 11.7. The van der Waals surface area contributed by atoms with Gasteiger partial charge in [-0.25, -0.2) is 0 Å². The van der Waals surface area contributed by atoms with Gasteiger partial charge in [-0.2, -0.15) is 0 Å². The van der Waals surface area contributed by atoms with E-state index in [9.17, 15) is 10.0 Å². The van der Waals surface area contributed by atoms with E-state index < -0.39 is 11.8 Å². The number of rotatable bonds is 9. The molecular weight excluding hydrogens is 438 g/mol. The Kier molecular flexibility index (Phi) is 7.90. The molecule has 6 nitrogen and oxygen atoms in total. The lowest BCUT2D eigenvalue weighted by molar-refractivity contribution is -0.0732. The van der Waals surface area contributed by atoms with Crippen LogP contribution in [0.25, 0.3) is 0 Å². The van der Waals surface area contributed by atoms with Crippen LogP contribution in [0.3, 0.4) is 0 Å². The van der Waals surface area contributed by atoms with Gasteiger partial charge in [0.15, 0.2) is 6.29 Å². The van der Waals surface area contributed by atoms with Gasteiger partial charge < -0.3 is 19.4 Å². The largest absolute Gasteiger partial charge is 0.487 e. The first-order valence-electron chi connectivity index (χ1n) is 9.69. The average Bonchev–Trinajstić information content (AvgIpc) is 2.71. The summed E-state index contributed by atoms with van der Waals surface area (Å²) in [7, 11) is 0. The molecule has 164 valence electrons. The Morgan fingerprint density at radius 3 is 2.52 bits per heavy atom. The summed E-state index contributed by atoms with van der Waals surface area (Å²) in [5.41, 5.74) is 0.495. The Morgan fingerprint density at radius 2 is 1.77 bits per heavy atom. The number of hydrogen-bond acceptors (Lipinski definition) is 6. The molecule has 1 N–H and O–H groups in total. The fourth-order valence-corrected chi connectivity index (χ4v) is 3.90. The van der Waals surface area contributed by atoms with Gasteiger partial charge in [-0.05, 0) is 68.8 Å². The van der Waals surface area contributed by atoms with E-state index >= 15 is 0 Å². The molecule has 31 heavy (non-hydrogen) atoms. The number of hydrogen-bond donors (Lipinski definition) is 1. The van der Waals surface area contributed by atoms with E-state index in [2.05, 4.69) is 0 Å². The smallest absolute Gasteiger partial charge is 0.283 e. The van der Waals surface area contributed by atoms with Crippen molar-refractivity contribution in [2.45, 2.75) is 44.0 Å². The van der Waals surface area contributed by atoms with Crippen molar-refractivity contribution in [2.75, 3.05) is 0 Å². The monoisotopic (exact) mass is 461 g/mol. The topological polar surface area (TPSA) is 69.9 Å². The maximum absolute atomic E-state index is 11.7. The molecule has 2 unspecified atom stereocenters. The van der Waals surface area contributed by atoms with Crippen molar-refractivity contribution < 1.29 is 19.4 Å². The molecule has 1 aromatic heterocycles. The van der Waals surface area contributed by atoms with Gasteiger partial charge in [-0.1, -0.05) is 29.4 Å². The number of thioether (sulfide) groups is 1. The number of ether oxygens (including phenoxy) is 3. The van der Waals surface area contributed by atoms with Crippen LogP contribution < -0.4 is 15.0 Å². The van der Waals surface area contributed by atoms with Crippen LogP contribution >= 0.6 is 23.4 Å².